The Bertz CT molecular complexity index is 2370. The maximum atomic E-state index is 4.88. The summed E-state index contributed by atoms with van der Waals surface area (Å²) in [4.78, 5) is 4.88. The zero-order valence-electron chi connectivity index (χ0n) is 27.1. The Hall–Kier alpha value is -5.73. The van der Waals surface area contributed by atoms with Gasteiger partial charge in [0.25, 0.3) is 0 Å². The number of allylic oxidation sites excluding steroid dienone is 4. The van der Waals surface area contributed by atoms with E-state index in [0.717, 1.165) is 12.1 Å². The summed E-state index contributed by atoms with van der Waals surface area (Å²) in [5.74, 6) is 0.557. The van der Waals surface area contributed by atoms with E-state index in [1.807, 2.05) is 6.21 Å². The van der Waals surface area contributed by atoms with Gasteiger partial charge >= 0.3 is 0 Å². The molecule has 2 aliphatic rings. The number of nitrogens with zero attached hydrogens (tertiary/aromatic N) is 2. The molecular formula is C46H36N2. The summed E-state index contributed by atoms with van der Waals surface area (Å²) < 4.78 is 2.51. The fraction of sp³-hybridized carbons (Fsp3) is 0.109. The highest BCUT2D eigenvalue weighted by molar-refractivity contribution is 6.13. The van der Waals surface area contributed by atoms with Crippen LogP contribution >= 0.6 is 0 Å². The Morgan fingerprint density at radius 2 is 1.44 bits per heavy atom. The van der Waals surface area contributed by atoms with Gasteiger partial charge in [-0.05, 0) is 69.5 Å². The van der Waals surface area contributed by atoms with E-state index in [1.165, 1.54) is 66.3 Å². The van der Waals surface area contributed by atoms with E-state index < -0.39 is 5.41 Å². The summed E-state index contributed by atoms with van der Waals surface area (Å²) in [6.07, 6.45) is 9.86. The predicted molar refractivity (Wildman–Crippen MR) is 201 cm³/mol. The molecule has 2 nitrogen and oxygen atoms in total. The van der Waals surface area contributed by atoms with E-state index in [2.05, 4.69) is 175 Å². The summed E-state index contributed by atoms with van der Waals surface area (Å²) in [6, 6.07) is 53.7. The van der Waals surface area contributed by atoms with Gasteiger partial charge in [0.15, 0.2) is 0 Å². The average Bonchev–Trinajstić information content (AvgIpc) is 3.64. The lowest BCUT2D eigenvalue weighted by molar-refractivity contribution is 0.734. The molecule has 2 heteroatoms. The van der Waals surface area contributed by atoms with E-state index in [1.54, 1.807) is 0 Å². The normalized spacial score (nSPS) is 16.4. The van der Waals surface area contributed by atoms with Crippen LogP contribution in [0.1, 0.15) is 41.2 Å². The Labute approximate surface area is 282 Å². The molecule has 1 unspecified atom stereocenters. The van der Waals surface area contributed by atoms with Crippen molar-refractivity contribution in [3.8, 4) is 16.8 Å². The number of fused-ring (bicyclic) bond motifs is 7. The van der Waals surface area contributed by atoms with Gasteiger partial charge in [0, 0.05) is 28.2 Å². The first-order valence-corrected chi connectivity index (χ1v) is 17.0. The van der Waals surface area contributed by atoms with Crippen LogP contribution in [0.4, 0.5) is 0 Å². The van der Waals surface area contributed by atoms with Crippen molar-refractivity contribution in [1.82, 2.24) is 4.57 Å². The summed E-state index contributed by atoms with van der Waals surface area (Å²) in [5, 5.41) is 2.52. The van der Waals surface area contributed by atoms with Gasteiger partial charge in [-0.15, -0.1) is 0 Å². The lowest BCUT2D eigenvalue weighted by Gasteiger charge is -2.34. The van der Waals surface area contributed by atoms with Crippen LogP contribution in [-0.2, 0) is 12.0 Å². The molecular weight excluding hydrogens is 581 g/mol. The standard InChI is InChI=1S/C46H36N2/c1-32-14-12-15-33(28-32)30-47-31-34-16-13-21-37(29-34)48-43-25-11-9-23-39(43)41-27-26-40-38-22-8-10-24-42(38)46(44(40)45(41)48,35-17-4-2-5-18-35)36-19-6-3-7-20-36/h2-13,15-30,32H,14,31H2,1H3. The summed E-state index contributed by atoms with van der Waals surface area (Å²) >= 11 is 0. The van der Waals surface area contributed by atoms with E-state index in [-0.39, 0.29) is 0 Å². The van der Waals surface area contributed by atoms with Crippen LogP contribution in [0.25, 0.3) is 38.6 Å². The zero-order valence-corrected chi connectivity index (χ0v) is 27.1. The molecule has 0 spiro atoms. The van der Waals surface area contributed by atoms with Gasteiger partial charge in [0.2, 0.25) is 0 Å². The van der Waals surface area contributed by atoms with Crippen molar-refractivity contribution in [2.24, 2.45) is 10.9 Å². The van der Waals surface area contributed by atoms with Gasteiger partial charge in [0.05, 0.1) is 23.0 Å². The lowest BCUT2D eigenvalue weighted by atomic mass is 9.67. The molecule has 7 aromatic rings. The first-order chi connectivity index (χ1) is 23.7. The third kappa shape index (κ3) is 4.37. The minimum Gasteiger partial charge on any atom is -0.309 e. The summed E-state index contributed by atoms with van der Waals surface area (Å²) in [7, 11) is 0. The van der Waals surface area contributed by atoms with E-state index in [0.29, 0.717) is 12.5 Å². The Morgan fingerprint density at radius 1 is 0.708 bits per heavy atom. The maximum absolute atomic E-state index is 4.88. The molecule has 1 heterocycles. The van der Waals surface area contributed by atoms with E-state index >= 15 is 0 Å². The third-order valence-corrected chi connectivity index (χ3v) is 10.2. The van der Waals surface area contributed by atoms with Crippen LogP contribution in [0.5, 0.6) is 0 Å². The van der Waals surface area contributed by atoms with Gasteiger partial charge in [-0.1, -0.05) is 153 Å². The average molecular weight is 617 g/mol. The summed E-state index contributed by atoms with van der Waals surface area (Å²) in [5.41, 5.74) is 13.3. The molecule has 0 radical (unpaired) electrons. The molecule has 0 aliphatic heterocycles. The fourth-order valence-electron chi connectivity index (χ4n) is 8.26. The number of aliphatic imine (C=N–C) groups is 1. The van der Waals surface area contributed by atoms with E-state index in [4.69, 9.17) is 4.99 Å². The molecule has 0 N–H and O–H groups in total. The second-order valence-corrected chi connectivity index (χ2v) is 13.2. The second-order valence-electron chi connectivity index (χ2n) is 13.2. The van der Waals surface area contributed by atoms with Crippen molar-refractivity contribution in [1.29, 1.82) is 0 Å². The monoisotopic (exact) mass is 616 g/mol. The van der Waals surface area contributed by atoms with Gasteiger partial charge in [-0.3, -0.25) is 4.99 Å². The highest BCUT2D eigenvalue weighted by atomic mass is 15.0. The van der Waals surface area contributed by atoms with Crippen molar-refractivity contribution >= 4 is 28.0 Å². The zero-order chi connectivity index (χ0) is 32.1. The van der Waals surface area contributed by atoms with Gasteiger partial charge < -0.3 is 4.57 Å². The SMILES string of the molecule is CC1C=C(C=NCc2cccc(-n3c4ccccc4c4ccc5c(c43)C(c3ccccc3)(c3ccccc3)c3ccccc3-5)c2)C=CC1. The quantitative estimate of drug-likeness (QED) is 0.165. The number of para-hydroxylation sites is 1. The topological polar surface area (TPSA) is 17.3 Å². The molecule has 48 heavy (non-hydrogen) atoms. The molecule has 2 aliphatic carbocycles. The minimum atomic E-state index is -0.500. The minimum absolute atomic E-state index is 0.500. The number of aromatic nitrogens is 1. The van der Waals surface area contributed by atoms with Gasteiger partial charge in [-0.25, -0.2) is 0 Å². The van der Waals surface area contributed by atoms with Crippen LogP contribution in [0.2, 0.25) is 0 Å². The highest BCUT2D eigenvalue weighted by Crippen LogP contribution is 2.58. The molecule has 0 fully saturated rings. The van der Waals surface area contributed by atoms with Crippen molar-refractivity contribution in [2.75, 3.05) is 0 Å². The molecule has 0 saturated heterocycles. The van der Waals surface area contributed by atoms with Gasteiger partial charge in [0.1, 0.15) is 0 Å². The molecule has 1 atom stereocenters. The highest BCUT2D eigenvalue weighted by Gasteiger charge is 2.48. The molecule has 0 amide bonds. The molecule has 1 aromatic heterocycles. The van der Waals surface area contributed by atoms with Crippen molar-refractivity contribution in [2.45, 2.75) is 25.3 Å². The summed E-state index contributed by atoms with van der Waals surface area (Å²) in [6.45, 7) is 2.89. The Morgan fingerprint density at radius 3 is 2.23 bits per heavy atom. The maximum Gasteiger partial charge on any atom is 0.0734 e. The lowest BCUT2D eigenvalue weighted by Crippen LogP contribution is -2.29. The molecule has 0 bridgehead atoms. The Balaban J connectivity index is 1.33. The van der Waals surface area contributed by atoms with Crippen molar-refractivity contribution in [3.63, 3.8) is 0 Å². The van der Waals surface area contributed by atoms with Crippen LogP contribution in [-0.4, -0.2) is 10.8 Å². The predicted octanol–water partition coefficient (Wildman–Crippen LogP) is 11.2. The van der Waals surface area contributed by atoms with Crippen LogP contribution in [0, 0.1) is 5.92 Å². The van der Waals surface area contributed by atoms with Gasteiger partial charge in [-0.2, -0.15) is 0 Å². The number of hydrogen-bond donors (Lipinski definition) is 0. The van der Waals surface area contributed by atoms with Crippen LogP contribution in [0.15, 0.2) is 174 Å². The van der Waals surface area contributed by atoms with E-state index in [9.17, 15) is 0 Å². The first-order valence-electron chi connectivity index (χ1n) is 17.0. The largest absolute Gasteiger partial charge is 0.309 e. The van der Waals surface area contributed by atoms with Crippen LogP contribution in [0.3, 0.4) is 0 Å². The number of hydrogen-bond acceptors (Lipinski definition) is 1. The molecule has 9 rings (SSSR count). The Kier molecular flexibility index (Phi) is 6.83. The van der Waals surface area contributed by atoms with Crippen LogP contribution < -0.4 is 0 Å². The van der Waals surface area contributed by atoms with Crippen molar-refractivity contribution < 1.29 is 0 Å². The van der Waals surface area contributed by atoms with Crippen molar-refractivity contribution in [3.05, 3.63) is 197 Å². The number of rotatable bonds is 6. The molecule has 0 saturated carbocycles. The molecule has 6 aromatic carbocycles. The molecule has 230 valence electrons. The smallest absolute Gasteiger partial charge is 0.0734 e. The second kappa shape index (κ2) is 11.5. The first kappa shape index (κ1) is 28.5. The number of benzene rings is 6. The third-order valence-electron chi connectivity index (χ3n) is 10.2. The fourth-order valence-corrected chi connectivity index (χ4v) is 8.26.